The average molecular weight is 247 g/mol. The molecule has 0 aromatic heterocycles. The smallest absolute Gasteiger partial charge is 0.343 e. The van der Waals surface area contributed by atoms with Crippen molar-refractivity contribution in [3.63, 3.8) is 0 Å². The van der Waals surface area contributed by atoms with E-state index >= 15 is 0 Å². The van der Waals surface area contributed by atoms with Gasteiger partial charge in [0.2, 0.25) is 0 Å². The lowest BCUT2D eigenvalue weighted by atomic mass is 10.4. The summed E-state index contributed by atoms with van der Waals surface area (Å²) in [6.07, 6.45) is 0.846. The van der Waals surface area contributed by atoms with E-state index in [2.05, 4.69) is 5.32 Å². The van der Waals surface area contributed by atoms with Crippen LogP contribution in [0.25, 0.3) is 0 Å². The Morgan fingerprint density at radius 1 is 1.33 bits per heavy atom. The van der Waals surface area contributed by atoms with Gasteiger partial charge >= 0.3 is 5.97 Å². The fourth-order valence-electron chi connectivity index (χ4n) is 1.06. The van der Waals surface area contributed by atoms with Crippen molar-refractivity contribution < 1.29 is 14.7 Å². The molecule has 1 aliphatic rings. The van der Waals surface area contributed by atoms with Crippen LogP contribution in [-0.4, -0.2) is 35.0 Å². The van der Waals surface area contributed by atoms with Gasteiger partial charge in [-0.2, -0.15) is 0 Å². The van der Waals surface area contributed by atoms with E-state index in [4.69, 9.17) is 5.11 Å². The molecule has 0 aromatic carbocycles. The fraction of sp³-hybridized carbons (Fsp3) is 0.556. The number of nitrogens with one attached hydrogen (secondary N) is 1. The number of hydrogen-bond acceptors (Lipinski definition) is 4. The lowest BCUT2D eigenvalue weighted by Crippen LogP contribution is -2.27. The molecule has 0 saturated heterocycles. The first-order chi connectivity index (χ1) is 7.16. The largest absolute Gasteiger partial charge is 0.477 e. The fourth-order valence-corrected chi connectivity index (χ4v) is 3.26. The van der Waals surface area contributed by atoms with E-state index < -0.39 is 5.97 Å². The third-order valence-corrected chi connectivity index (χ3v) is 4.27. The highest BCUT2D eigenvalue weighted by atomic mass is 32.2. The van der Waals surface area contributed by atoms with Crippen LogP contribution in [0.3, 0.4) is 0 Å². The summed E-state index contributed by atoms with van der Waals surface area (Å²) >= 11 is 2.56. The topological polar surface area (TPSA) is 66.4 Å². The molecule has 1 heterocycles. The monoisotopic (exact) mass is 247 g/mol. The molecule has 0 unspecified atom stereocenters. The number of thioether (sulfide) groups is 2. The molecular formula is C9H13NO3S2. The number of carboxylic acids is 1. The van der Waals surface area contributed by atoms with Crippen molar-refractivity contribution in [1.82, 2.24) is 5.32 Å². The van der Waals surface area contributed by atoms with Gasteiger partial charge in [-0.05, 0) is 6.42 Å². The van der Waals surface area contributed by atoms with Crippen LogP contribution in [0, 0.1) is 0 Å². The van der Waals surface area contributed by atoms with Crippen LogP contribution in [0.5, 0.6) is 0 Å². The van der Waals surface area contributed by atoms with E-state index in [-0.39, 0.29) is 10.8 Å². The van der Waals surface area contributed by atoms with Crippen LogP contribution in [0.1, 0.15) is 13.3 Å². The normalized spacial score (nSPS) is 16.3. The number of aliphatic carboxylic acids is 1. The summed E-state index contributed by atoms with van der Waals surface area (Å²) in [7, 11) is 0. The van der Waals surface area contributed by atoms with E-state index in [1.54, 1.807) is 0 Å². The molecule has 0 saturated carbocycles. The van der Waals surface area contributed by atoms with Crippen molar-refractivity contribution in [2.45, 2.75) is 13.3 Å². The van der Waals surface area contributed by atoms with Crippen LogP contribution in [0.4, 0.5) is 0 Å². The molecule has 0 atom stereocenters. The Morgan fingerprint density at radius 3 is 2.47 bits per heavy atom. The maximum absolute atomic E-state index is 11.6. The Labute approximate surface area is 96.9 Å². The number of hydrogen-bond donors (Lipinski definition) is 2. The first kappa shape index (κ1) is 12.4. The number of rotatable bonds is 4. The van der Waals surface area contributed by atoms with Gasteiger partial charge in [0, 0.05) is 18.1 Å². The predicted octanol–water partition coefficient (Wildman–Crippen LogP) is 1.29. The van der Waals surface area contributed by atoms with E-state index in [1.165, 1.54) is 23.5 Å². The standard InChI is InChI=1S/C9H13NO3S2/c1-2-3-10-8(11)6-7(9(12)13)15-5-4-14-6/h2-5H2,1H3,(H,10,11)(H,12,13). The number of carbonyl (C=O) groups is 2. The highest BCUT2D eigenvalue weighted by Crippen LogP contribution is 2.34. The van der Waals surface area contributed by atoms with Crippen molar-refractivity contribution >= 4 is 35.4 Å². The molecule has 0 radical (unpaired) electrons. The molecule has 0 fully saturated rings. The van der Waals surface area contributed by atoms with Gasteiger partial charge in [-0.15, -0.1) is 23.5 Å². The van der Waals surface area contributed by atoms with Gasteiger partial charge in [-0.25, -0.2) is 4.79 Å². The minimum Gasteiger partial charge on any atom is -0.477 e. The van der Waals surface area contributed by atoms with Crippen molar-refractivity contribution in [2.75, 3.05) is 18.1 Å². The van der Waals surface area contributed by atoms with Crippen LogP contribution < -0.4 is 5.32 Å². The number of amides is 1. The maximum Gasteiger partial charge on any atom is 0.343 e. The molecule has 0 spiro atoms. The Bertz CT molecular complexity index is 302. The molecule has 15 heavy (non-hydrogen) atoms. The van der Waals surface area contributed by atoms with E-state index in [0.29, 0.717) is 11.4 Å². The number of carbonyl (C=O) groups excluding carboxylic acids is 1. The Morgan fingerprint density at radius 2 is 1.93 bits per heavy atom. The van der Waals surface area contributed by atoms with Gasteiger partial charge < -0.3 is 10.4 Å². The zero-order valence-electron chi connectivity index (χ0n) is 8.41. The SMILES string of the molecule is CCCNC(=O)C1=C(C(=O)O)SCCS1. The lowest BCUT2D eigenvalue weighted by molar-refractivity contribution is -0.132. The van der Waals surface area contributed by atoms with Crippen LogP contribution >= 0.6 is 23.5 Å². The molecule has 1 amide bonds. The Hall–Kier alpha value is -0.620. The molecule has 4 nitrogen and oxygen atoms in total. The first-order valence-corrected chi connectivity index (χ1v) is 6.65. The Balaban J connectivity index is 2.77. The molecule has 6 heteroatoms. The van der Waals surface area contributed by atoms with Crippen molar-refractivity contribution in [2.24, 2.45) is 0 Å². The van der Waals surface area contributed by atoms with Gasteiger partial charge in [0.25, 0.3) is 5.91 Å². The molecule has 84 valence electrons. The molecule has 0 aromatic rings. The summed E-state index contributed by atoms with van der Waals surface area (Å²) in [5.74, 6) is 0.271. The molecule has 0 aliphatic carbocycles. The van der Waals surface area contributed by atoms with E-state index in [9.17, 15) is 9.59 Å². The first-order valence-electron chi connectivity index (χ1n) is 4.68. The lowest BCUT2D eigenvalue weighted by Gasteiger charge is -2.15. The van der Waals surface area contributed by atoms with Gasteiger partial charge in [0.1, 0.15) is 4.91 Å². The third kappa shape index (κ3) is 3.46. The van der Waals surface area contributed by atoms with Crippen LogP contribution in [0.15, 0.2) is 9.81 Å². The number of carboxylic acid groups (broad SMARTS) is 1. The zero-order chi connectivity index (χ0) is 11.3. The minimum atomic E-state index is -1.01. The maximum atomic E-state index is 11.6. The van der Waals surface area contributed by atoms with Crippen molar-refractivity contribution in [1.29, 1.82) is 0 Å². The molecule has 2 N–H and O–H groups in total. The van der Waals surface area contributed by atoms with E-state index in [1.807, 2.05) is 6.92 Å². The van der Waals surface area contributed by atoms with Crippen molar-refractivity contribution in [3.05, 3.63) is 9.81 Å². The minimum absolute atomic E-state index is 0.180. The molecule has 0 bridgehead atoms. The second-order valence-electron chi connectivity index (χ2n) is 2.92. The predicted molar refractivity (Wildman–Crippen MR) is 62.9 cm³/mol. The average Bonchev–Trinajstić information content (AvgIpc) is 2.25. The second-order valence-corrected chi connectivity index (χ2v) is 5.13. The quantitative estimate of drug-likeness (QED) is 0.783. The highest BCUT2D eigenvalue weighted by molar-refractivity contribution is 8.11. The second kappa shape index (κ2) is 6.07. The highest BCUT2D eigenvalue weighted by Gasteiger charge is 2.24. The van der Waals surface area contributed by atoms with Gasteiger partial charge in [-0.3, -0.25) is 4.79 Å². The molecule has 1 aliphatic heterocycles. The summed E-state index contributed by atoms with van der Waals surface area (Å²) < 4.78 is 0. The summed E-state index contributed by atoms with van der Waals surface area (Å²) in [5.41, 5.74) is 0. The summed E-state index contributed by atoms with van der Waals surface area (Å²) in [6, 6.07) is 0. The van der Waals surface area contributed by atoms with Crippen molar-refractivity contribution in [3.8, 4) is 0 Å². The summed E-state index contributed by atoms with van der Waals surface area (Å²) in [5, 5.41) is 11.6. The Kier molecular flexibility index (Phi) is 5.04. The van der Waals surface area contributed by atoms with Crippen LogP contribution in [-0.2, 0) is 9.59 Å². The van der Waals surface area contributed by atoms with Gasteiger partial charge in [-0.1, -0.05) is 6.92 Å². The summed E-state index contributed by atoms with van der Waals surface area (Å²) in [4.78, 5) is 23.0. The molecule has 1 rings (SSSR count). The van der Waals surface area contributed by atoms with Gasteiger partial charge in [0.15, 0.2) is 0 Å². The molecular weight excluding hydrogens is 234 g/mol. The van der Waals surface area contributed by atoms with Crippen LogP contribution in [0.2, 0.25) is 0 Å². The van der Waals surface area contributed by atoms with E-state index in [0.717, 1.165) is 17.9 Å². The third-order valence-electron chi connectivity index (χ3n) is 1.72. The van der Waals surface area contributed by atoms with Gasteiger partial charge in [0.05, 0.1) is 4.91 Å². The summed E-state index contributed by atoms with van der Waals surface area (Å²) in [6.45, 7) is 2.54. The zero-order valence-corrected chi connectivity index (χ0v) is 10.0.